The Labute approximate surface area is 81.5 Å². The summed E-state index contributed by atoms with van der Waals surface area (Å²) in [6.07, 6.45) is 1.50. The first-order chi connectivity index (χ1) is 5.24. The fourth-order valence-electron chi connectivity index (χ4n) is 0.709. The van der Waals surface area contributed by atoms with Crippen molar-refractivity contribution in [1.82, 2.24) is 4.98 Å². The first-order valence-corrected chi connectivity index (χ1v) is 3.25. The van der Waals surface area contributed by atoms with Crippen molar-refractivity contribution in [2.24, 2.45) is 0 Å². The second-order valence-corrected chi connectivity index (χ2v) is 2.15. The number of aromatic nitrogens is 1. The van der Waals surface area contributed by atoms with Crippen LogP contribution in [-0.4, -0.2) is 17.9 Å². The minimum Gasteiger partial charge on any atom is -0.481 e. The van der Waals surface area contributed by atoms with Crippen molar-refractivity contribution in [3.63, 3.8) is 0 Å². The maximum absolute atomic E-state index is 10.8. The number of ether oxygens (including phenoxy) is 1. The molecule has 0 spiro atoms. The van der Waals surface area contributed by atoms with Crippen LogP contribution < -0.4 is 4.74 Å². The van der Waals surface area contributed by atoms with Gasteiger partial charge in [-0.05, 0) is 13.0 Å². The Morgan fingerprint density at radius 1 is 1.50 bits per heavy atom. The summed E-state index contributed by atoms with van der Waals surface area (Å²) in [5, 5.41) is 0. The minimum absolute atomic E-state index is 0. The summed E-state index contributed by atoms with van der Waals surface area (Å²) < 4.78 is 4.83. The standard InChI is InChI=1S/C8H9NO2.BrH/c1-6(10)7-3-4-8(11-2)9-5-7;/h3-5H,1-2H3;1H. The lowest BCUT2D eigenvalue weighted by Crippen LogP contribution is -1.94. The summed E-state index contributed by atoms with van der Waals surface area (Å²) in [7, 11) is 1.54. The van der Waals surface area contributed by atoms with E-state index in [4.69, 9.17) is 4.74 Å². The summed E-state index contributed by atoms with van der Waals surface area (Å²) in [6.45, 7) is 1.50. The predicted octanol–water partition coefficient (Wildman–Crippen LogP) is 1.87. The highest BCUT2D eigenvalue weighted by Gasteiger charge is 1.98. The average Bonchev–Trinajstić information content (AvgIpc) is 2.05. The molecule has 0 bridgehead atoms. The first-order valence-electron chi connectivity index (χ1n) is 3.25. The third kappa shape index (κ3) is 2.62. The third-order valence-corrected chi connectivity index (χ3v) is 1.35. The highest BCUT2D eigenvalue weighted by Crippen LogP contribution is 2.06. The van der Waals surface area contributed by atoms with E-state index < -0.39 is 0 Å². The molecule has 66 valence electrons. The van der Waals surface area contributed by atoms with E-state index in [1.165, 1.54) is 20.2 Å². The molecule has 0 saturated carbocycles. The molecule has 0 aliphatic heterocycles. The van der Waals surface area contributed by atoms with Crippen molar-refractivity contribution in [2.45, 2.75) is 6.92 Å². The monoisotopic (exact) mass is 231 g/mol. The number of carbonyl (C=O) groups excluding carboxylic acids is 1. The topological polar surface area (TPSA) is 39.2 Å². The Kier molecular flexibility index (Phi) is 4.51. The summed E-state index contributed by atoms with van der Waals surface area (Å²) >= 11 is 0. The number of ketones is 1. The molecule has 0 unspecified atom stereocenters. The molecule has 0 aliphatic carbocycles. The van der Waals surface area contributed by atoms with E-state index >= 15 is 0 Å². The van der Waals surface area contributed by atoms with Crippen molar-refractivity contribution in [1.29, 1.82) is 0 Å². The molecule has 0 N–H and O–H groups in total. The van der Waals surface area contributed by atoms with Crippen LogP contribution in [0.5, 0.6) is 5.88 Å². The molecule has 1 aromatic heterocycles. The summed E-state index contributed by atoms with van der Waals surface area (Å²) in [5.74, 6) is 0.537. The molecule has 0 aromatic carbocycles. The van der Waals surface area contributed by atoms with Crippen LogP contribution in [-0.2, 0) is 0 Å². The van der Waals surface area contributed by atoms with E-state index in [-0.39, 0.29) is 22.8 Å². The molecule has 0 saturated heterocycles. The number of pyridine rings is 1. The molecule has 0 radical (unpaired) electrons. The second-order valence-electron chi connectivity index (χ2n) is 2.15. The van der Waals surface area contributed by atoms with Crippen LogP contribution in [0.25, 0.3) is 0 Å². The van der Waals surface area contributed by atoms with E-state index in [2.05, 4.69) is 4.98 Å². The van der Waals surface area contributed by atoms with Crippen LogP contribution >= 0.6 is 17.0 Å². The van der Waals surface area contributed by atoms with Crippen molar-refractivity contribution in [3.05, 3.63) is 23.9 Å². The van der Waals surface area contributed by atoms with E-state index in [1.54, 1.807) is 12.1 Å². The number of carbonyl (C=O) groups is 1. The zero-order chi connectivity index (χ0) is 8.27. The number of rotatable bonds is 2. The maximum atomic E-state index is 10.8. The normalized spacial score (nSPS) is 8.50. The molecule has 0 atom stereocenters. The fourth-order valence-corrected chi connectivity index (χ4v) is 0.709. The molecule has 3 nitrogen and oxygen atoms in total. The van der Waals surface area contributed by atoms with Gasteiger partial charge in [-0.1, -0.05) is 0 Å². The van der Waals surface area contributed by atoms with Gasteiger partial charge in [-0.15, -0.1) is 17.0 Å². The van der Waals surface area contributed by atoms with Crippen molar-refractivity contribution < 1.29 is 9.53 Å². The van der Waals surface area contributed by atoms with Gasteiger partial charge in [-0.25, -0.2) is 4.98 Å². The van der Waals surface area contributed by atoms with Gasteiger partial charge in [-0.2, -0.15) is 0 Å². The number of hydrogen-bond donors (Lipinski definition) is 0. The van der Waals surface area contributed by atoms with Gasteiger partial charge < -0.3 is 4.74 Å². The average molecular weight is 232 g/mol. The second kappa shape index (κ2) is 4.87. The van der Waals surface area contributed by atoms with Gasteiger partial charge in [0.1, 0.15) is 0 Å². The SMILES string of the molecule is Br.COc1ccc(C(C)=O)cn1. The van der Waals surface area contributed by atoms with Crippen molar-refractivity contribution in [3.8, 4) is 5.88 Å². The molecule has 1 heterocycles. The third-order valence-electron chi connectivity index (χ3n) is 1.35. The minimum atomic E-state index is 0. The maximum Gasteiger partial charge on any atom is 0.212 e. The lowest BCUT2D eigenvalue weighted by atomic mass is 10.2. The predicted molar refractivity (Wildman–Crippen MR) is 51.1 cm³/mol. The lowest BCUT2D eigenvalue weighted by molar-refractivity contribution is 0.101. The van der Waals surface area contributed by atoms with Crippen LogP contribution in [0.2, 0.25) is 0 Å². The number of Topliss-reactive ketones (excluding diaryl/α,β-unsaturated/α-hetero) is 1. The largest absolute Gasteiger partial charge is 0.481 e. The molecule has 0 amide bonds. The molecule has 0 aliphatic rings. The highest BCUT2D eigenvalue weighted by atomic mass is 79.9. The van der Waals surface area contributed by atoms with Gasteiger partial charge in [0, 0.05) is 17.8 Å². The van der Waals surface area contributed by atoms with E-state index in [0.29, 0.717) is 11.4 Å². The van der Waals surface area contributed by atoms with Crippen LogP contribution in [0, 0.1) is 0 Å². The lowest BCUT2D eigenvalue weighted by Gasteiger charge is -1.97. The summed E-state index contributed by atoms with van der Waals surface area (Å²) in [6, 6.07) is 3.35. The van der Waals surface area contributed by atoms with E-state index in [1.807, 2.05) is 0 Å². The van der Waals surface area contributed by atoms with Crippen molar-refractivity contribution in [2.75, 3.05) is 7.11 Å². The van der Waals surface area contributed by atoms with E-state index in [9.17, 15) is 4.79 Å². The fraction of sp³-hybridized carbons (Fsp3) is 0.250. The van der Waals surface area contributed by atoms with E-state index in [0.717, 1.165) is 0 Å². The van der Waals surface area contributed by atoms with Crippen LogP contribution in [0.3, 0.4) is 0 Å². The van der Waals surface area contributed by atoms with Gasteiger partial charge in [0.2, 0.25) is 5.88 Å². The quantitative estimate of drug-likeness (QED) is 0.730. The zero-order valence-electron chi connectivity index (χ0n) is 6.90. The molecule has 1 rings (SSSR count). The highest BCUT2D eigenvalue weighted by molar-refractivity contribution is 8.93. The van der Waals surface area contributed by atoms with Crippen LogP contribution in [0.1, 0.15) is 17.3 Å². The molecular formula is C8H10BrNO2. The van der Waals surface area contributed by atoms with Gasteiger partial charge in [0.25, 0.3) is 0 Å². The number of methoxy groups -OCH3 is 1. The van der Waals surface area contributed by atoms with Gasteiger partial charge in [0.15, 0.2) is 5.78 Å². The zero-order valence-corrected chi connectivity index (χ0v) is 8.62. The summed E-state index contributed by atoms with van der Waals surface area (Å²) in [5.41, 5.74) is 0.603. The Balaban J connectivity index is 0.00000121. The Bertz CT molecular complexity index is 258. The molecule has 4 heteroatoms. The number of nitrogens with zero attached hydrogens (tertiary/aromatic N) is 1. The van der Waals surface area contributed by atoms with Gasteiger partial charge in [0.05, 0.1) is 7.11 Å². The van der Waals surface area contributed by atoms with Gasteiger partial charge >= 0.3 is 0 Å². The summed E-state index contributed by atoms with van der Waals surface area (Å²) in [4.78, 5) is 14.6. The molecular weight excluding hydrogens is 222 g/mol. The Hall–Kier alpha value is -0.900. The van der Waals surface area contributed by atoms with Crippen LogP contribution in [0.15, 0.2) is 18.3 Å². The molecule has 0 fully saturated rings. The Morgan fingerprint density at radius 2 is 2.17 bits per heavy atom. The molecule has 12 heavy (non-hydrogen) atoms. The van der Waals surface area contributed by atoms with Crippen molar-refractivity contribution >= 4 is 22.8 Å². The number of halogens is 1. The number of hydrogen-bond acceptors (Lipinski definition) is 3. The van der Waals surface area contributed by atoms with Gasteiger partial charge in [-0.3, -0.25) is 4.79 Å². The molecule has 1 aromatic rings. The first kappa shape index (κ1) is 11.1. The Morgan fingerprint density at radius 3 is 2.50 bits per heavy atom. The smallest absolute Gasteiger partial charge is 0.212 e. The van der Waals surface area contributed by atoms with Crippen LogP contribution in [0.4, 0.5) is 0 Å².